The molecular weight excluding hydrogens is 394 g/mol. The van der Waals surface area contributed by atoms with Crippen molar-refractivity contribution >= 4 is 41.2 Å². The Morgan fingerprint density at radius 1 is 1.32 bits per heavy atom. The highest BCUT2D eigenvalue weighted by atomic mass is 35.5. The lowest BCUT2D eigenvalue weighted by atomic mass is 10.1. The number of rotatable bonds is 5. The number of nitrogens with two attached hydrogens (primary N) is 1. The number of nitrogens with zero attached hydrogens (tertiary/aromatic N) is 4. The van der Waals surface area contributed by atoms with Crippen molar-refractivity contribution in [3.63, 3.8) is 0 Å². The number of pyridine rings is 1. The van der Waals surface area contributed by atoms with Gasteiger partial charge in [0.2, 0.25) is 5.95 Å². The summed E-state index contributed by atoms with van der Waals surface area (Å²) >= 11 is 10.6. The van der Waals surface area contributed by atoms with Crippen molar-refractivity contribution in [2.45, 2.75) is 33.2 Å². The molecule has 0 amide bonds. The maximum atomic E-state index is 6.36. The van der Waals surface area contributed by atoms with Gasteiger partial charge in [0.1, 0.15) is 16.5 Å². The molecule has 8 heteroatoms. The Labute approximate surface area is 174 Å². The van der Waals surface area contributed by atoms with Gasteiger partial charge in [-0.3, -0.25) is 4.98 Å². The summed E-state index contributed by atoms with van der Waals surface area (Å²) in [6.45, 7) is 4.46. The zero-order chi connectivity index (χ0) is 20.3. The van der Waals surface area contributed by atoms with Crippen LogP contribution in [-0.4, -0.2) is 32.4 Å². The molecular formula is C20H22ClN5OS. The van der Waals surface area contributed by atoms with E-state index in [1.165, 1.54) is 0 Å². The minimum Gasteiger partial charge on any atom is -0.496 e. The first-order valence-corrected chi connectivity index (χ1v) is 9.88. The number of fused-ring (bicyclic) bond motifs is 1. The minimum absolute atomic E-state index is 0.123. The zero-order valence-electron chi connectivity index (χ0n) is 16.1. The van der Waals surface area contributed by atoms with E-state index in [1.54, 1.807) is 13.3 Å². The van der Waals surface area contributed by atoms with Gasteiger partial charge in [-0.2, -0.15) is 17.6 Å². The second kappa shape index (κ2) is 8.72. The molecule has 0 fully saturated rings. The van der Waals surface area contributed by atoms with Crippen LogP contribution in [0.5, 0.6) is 5.75 Å². The van der Waals surface area contributed by atoms with Crippen LogP contribution in [0.4, 0.5) is 5.95 Å². The number of methoxy groups -OCH3 is 1. The summed E-state index contributed by atoms with van der Waals surface area (Å²) in [6.07, 6.45) is 5.42. The third kappa shape index (κ3) is 4.03. The van der Waals surface area contributed by atoms with E-state index in [9.17, 15) is 0 Å². The Hall–Kier alpha value is -2.43. The molecule has 0 aromatic carbocycles. The molecule has 0 bridgehead atoms. The molecule has 3 aromatic heterocycles. The van der Waals surface area contributed by atoms with Crippen LogP contribution in [-0.2, 0) is 6.54 Å². The summed E-state index contributed by atoms with van der Waals surface area (Å²) < 4.78 is 7.47. The first-order valence-electron chi connectivity index (χ1n) is 8.86. The van der Waals surface area contributed by atoms with Crippen LogP contribution >= 0.6 is 24.2 Å². The monoisotopic (exact) mass is 415 g/mol. The molecule has 0 spiro atoms. The summed E-state index contributed by atoms with van der Waals surface area (Å²) in [5.41, 5.74) is 10.1. The first kappa shape index (κ1) is 20.3. The van der Waals surface area contributed by atoms with Crippen molar-refractivity contribution < 1.29 is 4.74 Å². The van der Waals surface area contributed by atoms with Gasteiger partial charge in [0, 0.05) is 29.9 Å². The molecule has 0 saturated carbocycles. The van der Waals surface area contributed by atoms with E-state index in [4.69, 9.17) is 22.1 Å². The number of thiol groups is 1. The molecule has 3 rings (SSSR count). The van der Waals surface area contributed by atoms with Crippen LogP contribution in [0.3, 0.4) is 0 Å². The number of aryl methyl sites for hydroxylation is 1. The summed E-state index contributed by atoms with van der Waals surface area (Å²) in [6, 6.07) is 0. The standard InChI is InChI=1S/C20H22ClN5OS/c1-12-9-23-15(13(2)17(12)27-3)11-26-10-14(7-5-4-6-8-28)16-18(21)24-20(22)25-19(16)26/h9-10,28H,4,6,8,11H2,1-3H3,(H2,22,24,25). The maximum absolute atomic E-state index is 6.36. The Balaban J connectivity index is 2.10. The molecule has 0 radical (unpaired) electrons. The number of hydrogen-bond acceptors (Lipinski definition) is 6. The fourth-order valence-electron chi connectivity index (χ4n) is 3.09. The van der Waals surface area contributed by atoms with E-state index in [1.807, 2.05) is 24.6 Å². The zero-order valence-corrected chi connectivity index (χ0v) is 17.7. The first-order chi connectivity index (χ1) is 13.5. The molecule has 0 saturated heterocycles. The molecule has 28 heavy (non-hydrogen) atoms. The van der Waals surface area contributed by atoms with E-state index < -0.39 is 0 Å². The Bertz CT molecular complexity index is 1080. The van der Waals surface area contributed by atoms with Gasteiger partial charge in [0.15, 0.2) is 0 Å². The summed E-state index contributed by atoms with van der Waals surface area (Å²) in [4.78, 5) is 13.1. The highest BCUT2D eigenvalue weighted by Gasteiger charge is 2.17. The van der Waals surface area contributed by atoms with Gasteiger partial charge < -0.3 is 15.0 Å². The predicted molar refractivity (Wildman–Crippen MR) is 116 cm³/mol. The predicted octanol–water partition coefficient (Wildman–Crippen LogP) is 3.80. The number of nitrogen functional groups attached to an aromatic ring is 1. The molecule has 0 aliphatic carbocycles. The second-order valence-electron chi connectivity index (χ2n) is 6.42. The third-order valence-electron chi connectivity index (χ3n) is 4.44. The number of halogens is 1. The lowest BCUT2D eigenvalue weighted by Crippen LogP contribution is -2.07. The highest BCUT2D eigenvalue weighted by Crippen LogP contribution is 2.29. The normalized spacial score (nSPS) is 10.8. The molecule has 2 N–H and O–H groups in total. The number of aromatic nitrogens is 4. The van der Waals surface area contributed by atoms with E-state index >= 15 is 0 Å². The van der Waals surface area contributed by atoms with Gasteiger partial charge in [0.05, 0.1) is 30.3 Å². The van der Waals surface area contributed by atoms with Gasteiger partial charge in [-0.15, -0.1) is 0 Å². The Morgan fingerprint density at radius 3 is 2.82 bits per heavy atom. The van der Waals surface area contributed by atoms with Gasteiger partial charge in [0.25, 0.3) is 0 Å². The average molecular weight is 416 g/mol. The van der Waals surface area contributed by atoms with Crippen LogP contribution in [0.2, 0.25) is 5.15 Å². The summed E-state index contributed by atoms with van der Waals surface area (Å²) in [7, 11) is 1.66. The minimum atomic E-state index is 0.123. The van der Waals surface area contributed by atoms with Crippen molar-refractivity contribution in [2.75, 3.05) is 18.6 Å². The fourth-order valence-corrected chi connectivity index (χ4v) is 3.52. The summed E-state index contributed by atoms with van der Waals surface area (Å²) in [5, 5.41) is 0.997. The fraction of sp³-hybridized carbons (Fsp3) is 0.350. The topological polar surface area (TPSA) is 78.8 Å². The largest absolute Gasteiger partial charge is 0.496 e. The molecule has 0 aliphatic heterocycles. The lowest BCUT2D eigenvalue weighted by Gasteiger charge is -2.13. The third-order valence-corrected chi connectivity index (χ3v) is 5.03. The SMILES string of the molecule is COc1c(C)cnc(Cn2cc(C#CCCCS)c3c(Cl)nc(N)nc32)c1C. The van der Waals surface area contributed by atoms with Crippen molar-refractivity contribution in [2.24, 2.45) is 0 Å². The number of anilines is 1. The highest BCUT2D eigenvalue weighted by molar-refractivity contribution is 7.80. The smallest absolute Gasteiger partial charge is 0.223 e. The maximum Gasteiger partial charge on any atom is 0.223 e. The van der Waals surface area contributed by atoms with Crippen LogP contribution in [0.25, 0.3) is 11.0 Å². The Morgan fingerprint density at radius 2 is 2.11 bits per heavy atom. The van der Waals surface area contributed by atoms with E-state index in [-0.39, 0.29) is 5.95 Å². The van der Waals surface area contributed by atoms with E-state index in [2.05, 4.69) is 39.4 Å². The molecule has 0 aliphatic rings. The quantitative estimate of drug-likeness (QED) is 0.287. The van der Waals surface area contributed by atoms with Gasteiger partial charge in [-0.05, 0) is 26.0 Å². The number of hydrogen-bond donors (Lipinski definition) is 2. The average Bonchev–Trinajstić information content (AvgIpc) is 2.99. The van der Waals surface area contributed by atoms with Gasteiger partial charge in [-0.1, -0.05) is 23.4 Å². The van der Waals surface area contributed by atoms with Crippen LogP contribution in [0, 0.1) is 25.7 Å². The van der Waals surface area contributed by atoms with Crippen LogP contribution in [0.15, 0.2) is 12.4 Å². The van der Waals surface area contributed by atoms with Crippen LogP contribution < -0.4 is 10.5 Å². The van der Waals surface area contributed by atoms with Gasteiger partial charge >= 0.3 is 0 Å². The molecule has 3 aromatic rings. The van der Waals surface area contributed by atoms with E-state index in [0.717, 1.165) is 46.7 Å². The summed E-state index contributed by atoms with van der Waals surface area (Å²) in [5.74, 6) is 8.10. The van der Waals surface area contributed by atoms with Crippen molar-refractivity contribution in [3.8, 4) is 17.6 Å². The van der Waals surface area contributed by atoms with Crippen molar-refractivity contribution in [1.82, 2.24) is 19.5 Å². The number of unbranched alkanes of at least 4 members (excludes halogenated alkanes) is 1. The molecule has 146 valence electrons. The number of ether oxygens (including phenoxy) is 1. The van der Waals surface area contributed by atoms with Gasteiger partial charge in [-0.25, -0.2) is 4.98 Å². The molecule has 0 unspecified atom stereocenters. The molecule has 0 atom stereocenters. The van der Waals surface area contributed by atoms with E-state index in [0.29, 0.717) is 22.7 Å². The van der Waals surface area contributed by atoms with Crippen LogP contribution in [0.1, 0.15) is 35.2 Å². The van der Waals surface area contributed by atoms with Crippen molar-refractivity contribution in [1.29, 1.82) is 0 Å². The Kier molecular flexibility index (Phi) is 6.32. The van der Waals surface area contributed by atoms with Crippen molar-refractivity contribution in [3.05, 3.63) is 39.9 Å². The molecule has 3 heterocycles. The lowest BCUT2D eigenvalue weighted by molar-refractivity contribution is 0.406. The second-order valence-corrected chi connectivity index (χ2v) is 7.22. The molecule has 6 nitrogen and oxygen atoms in total.